The highest BCUT2D eigenvalue weighted by atomic mass is 32.1. The van der Waals surface area contributed by atoms with E-state index in [4.69, 9.17) is 4.74 Å². The summed E-state index contributed by atoms with van der Waals surface area (Å²) in [5, 5.41) is 13.6. The Kier molecular flexibility index (Phi) is 5.41. The normalized spacial score (nSPS) is 14.1. The predicted octanol–water partition coefficient (Wildman–Crippen LogP) is 3.22. The summed E-state index contributed by atoms with van der Waals surface area (Å²) in [6, 6.07) is 15.5. The number of benzene rings is 1. The van der Waals surface area contributed by atoms with Crippen LogP contribution in [0, 0.1) is 0 Å². The Hall–Kier alpha value is -2.77. The second-order valence-electron chi connectivity index (χ2n) is 6.26. The minimum absolute atomic E-state index is 0.0140. The maximum atomic E-state index is 12.1. The molecular formula is C20H20N4O2S. The molecule has 138 valence electrons. The molecule has 1 saturated heterocycles. The van der Waals surface area contributed by atoms with Crippen LogP contribution in [-0.2, 0) is 16.0 Å². The lowest BCUT2D eigenvalue weighted by Gasteiger charge is -2.27. The zero-order chi connectivity index (χ0) is 18.5. The lowest BCUT2D eigenvalue weighted by molar-refractivity contribution is -0.115. The molecule has 27 heavy (non-hydrogen) atoms. The van der Waals surface area contributed by atoms with Crippen molar-refractivity contribution in [1.82, 2.24) is 10.2 Å². The number of carbonyl (C=O) groups excluding carboxylic acids is 1. The summed E-state index contributed by atoms with van der Waals surface area (Å²) < 4.78 is 5.36. The molecule has 3 heterocycles. The summed E-state index contributed by atoms with van der Waals surface area (Å²) in [6.07, 6.45) is 0.397. The van der Waals surface area contributed by atoms with E-state index in [0.29, 0.717) is 6.42 Å². The lowest BCUT2D eigenvalue weighted by atomic mass is 10.1. The van der Waals surface area contributed by atoms with E-state index in [1.807, 2.05) is 53.9 Å². The zero-order valence-corrected chi connectivity index (χ0v) is 15.6. The number of hydrogen-bond donors (Lipinski definition) is 1. The molecule has 0 radical (unpaired) electrons. The summed E-state index contributed by atoms with van der Waals surface area (Å²) >= 11 is 1.59. The molecule has 0 unspecified atom stereocenters. The first-order valence-electron chi connectivity index (χ1n) is 8.87. The Labute approximate surface area is 161 Å². The Bertz CT molecular complexity index is 873. The molecule has 1 N–H and O–H groups in total. The van der Waals surface area contributed by atoms with Gasteiger partial charge in [0, 0.05) is 29.2 Å². The standard InChI is InChI=1S/C20H20N4O2S/c25-20(14-17-2-1-13-27-17)21-16-5-3-15(4-6-16)18-7-8-19(23-22-18)24-9-11-26-12-10-24/h1-8,13H,9-12,14H2,(H,21,25). The second kappa shape index (κ2) is 8.28. The van der Waals surface area contributed by atoms with Gasteiger partial charge in [-0.3, -0.25) is 4.79 Å². The number of ether oxygens (including phenoxy) is 1. The van der Waals surface area contributed by atoms with Crippen LogP contribution in [0.3, 0.4) is 0 Å². The molecule has 0 saturated carbocycles. The molecule has 1 aliphatic rings. The van der Waals surface area contributed by atoms with E-state index in [1.165, 1.54) is 0 Å². The van der Waals surface area contributed by atoms with Gasteiger partial charge >= 0.3 is 0 Å². The summed E-state index contributed by atoms with van der Waals surface area (Å²) in [4.78, 5) is 15.3. The average molecular weight is 380 g/mol. The highest BCUT2D eigenvalue weighted by molar-refractivity contribution is 7.10. The molecule has 4 rings (SSSR count). The van der Waals surface area contributed by atoms with Crippen molar-refractivity contribution in [3.8, 4) is 11.3 Å². The van der Waals surface area contributed by atoms with E-state index in [9.17, 15) is 4.79 Å². The molecule has 0 atom stereocenters. The van der Waals surface area contributed by atoms with Crippen molar-refractivity contribution in [3.63, 3.8) is 0 Å². The van der Waals surface area contributed by atoms with Gasteiger partial charge in [-0.25, -0.2) is 0 Å². The van der Waals surface area contributed by atoms with E-state index in [1.54, 1.807) is 11.3 Å². The molecule has 0 bridgehead atoms. The first-order valence-corrected chi connectivity index (χ1v) is 9.75. The number of nitrogens with zero attached hydrogens (tertiary/aromatic N) is 3. The van der Waals surface area contributed by atoms with Gasteiger partial charge in [-0.15, -0.1) is 21.5 Å². The average Bonchev–Trinajstić information content (AvgIpc) is 3.22. The van der Waals surface area contributed by atoms with Crippen molar-refractivity contribution in [2.75, 3.05) is 36.5 Å². The number of thiophene rings is 1. The number of amides is 1. The van der Waals surface area contributed by atoms with Crippen LogP contribution in [0.4, 0.5) is 11.5 Å². The molecule has 3 aromatic rings. The van der Waals surface area contributed by atoms with Gasteiger partial charge in [-0.1, -0.05) is 18.2 Å². The van der Waals surface area contributed by atoms with E-state index in [0.717, 1.165) is 53.9 Å². The summed E-state index contributed by atoms with van der Waals surface area (Å²) in [7, 11) is 0. The minimum Gasteiger partial charge on any atom is -0.378 e. The maximum Gasteiger partial charge on any atom is 0.229 e. The smallest absolute Gasteiger partial charge is 0.229 e. The third-order valence-corrected chi connectivity index (χ3v) is 5.24. The van der Waals surface area contributed by atoms with E-state index >= 15 is 0 Å². The van der Waals surface area contributed by atoms with Gasteiger partial charge in [-0.05, 0) is 35.7 Å². The topological polar surface area (TPSA) is 67.4 Å². The number of rotatable bonds is 5. The van der Waals surface area contributed by atoms with E-state index in [2.05, 4.69) is 20.4 Å². The van der Waals surface area contributed by atoms with Crippen LogP contribution >= 0.6 is 11.3 Å². The van der Waals surface area contributed by atoms with Gasteiger partial charge in [0.15, 0.2) is 5.82 Å². The number of carbonyl (C=O) groups is 1. The second-order valence-corrected chi connectivity index (χ2v) is 7.29. The molecule has 1 amide bonds. The molecule has 1 aliphatic heterocycles. The fourth-order valence-electron chi connectivity index (χ4n) is 2.94. The Morgan fingerprint density at radius 1 is 1.07 bits per heavy atom. The predicted molar refractivity (Wildman–Crippen MR) is 107 cm³/mol. The van der Waals surface area contributed by atoms with Gasteiger partial charge in [0.25, 0.3) is 0 Å². The number of morpholine rings is 1. The van der Waals surface area contributed by atoms with Crippen LogP contribution in [0.2, 0.25) is 0 Å². The molecular weight excluding hydrogens is 360 g/mol. The summed E-state index contributed by atoms with van der Waals surface area (Å²) in [6.45, 7) is 3.13. The van der Waals surface area contributed by atoms with Crippen molar-refractivity contribution in [2.24, 2.45) is 0 Å². The highest BCUT2D eigenvalue weighted by Gasteiger charge is 2.13. The van der Waals surface area contributed by atoms with Crippen LogP contribution in [0.15, 0.2) is 53.9 Å². The number of anilines is 2. The first-order chi connectivity index (χ1) is 13.3. The van der Waals surface area contributed by atoms with Crippen LogP contribution in [0.25, 0.3) is 11.3 Å². The van der Waals surface area contributed by atoms with Gasteiger partial charge in [0.2, 0.25) is 5.91 Å². The quantitative estimate of drug-likeness (QED) is 0.736. The third-order valence-electron chi connectivity index (χ3n) is 4.36. The number of hydrogen-bond acceptors (Lipinski definition) is 6. The minimum atomic E-state index is -0.0140. The molecule has 7 heteroatoms. The van der Waals surface area contributed by atoms with Crippen LogP contribution in [0.5, 0.6) is 0 Å². The van der Waals surface area contributed by atoms with Gasteiger partial charge in [0.1, 0.15) is 0 Å². The van der Waals surface area contributed by atoms with Crippen molar-refractivity contribution in [2.45, 2.75) is 6.42 Å². The van der Waals surface area contributed by atoms with Crippen LogP contribution < -0.4 is 10.2 Å². The first kappa shape index (κ1) is 17.6. The lowest BCUT2D eigenvalue weighted by Crippen LogP contribution is -2.36. The molecule has 1 aromatic carbocycles. The summed E-state index contributed by atoms with van der Waals surface area (Å²) in [5.74, 6) is 0.861. The molecule has 2 aromatic heterocycles. The van der Waals surface area contributed by atoms with Gasteiger partial charge < -0.3 is 15.0 Å². The van der Waals surface area contributed by atoms with Crippen molar-refractivity contribution in [3.05, 3.63) is 58.8 Å². The fourth-order valence-corrected chi connectivity index (χ4v) is 3.64. The highest BCUT2D eigenvalue weighted by Crippen LogP contribution is 2.21. The van der Waals surface area contributed by atoms with Crippen molar-refractivity contribution >= 4 is 28.7 Å². The van der Waals surface area contributed by atoms with Gasteiger partial charge in [0.05, 0.1) is 25.3 Å². The Morgan fingerprint density at radius 3 is 2.56 bits per heavy atom. The fraction of sp³-hybridized carbons (Fsp3) is 0.250. The molecule has 6 nitrogen and oxygen atoms in total. The third kappa shape index (κ3) is 4.50. The van der Waals surface area contributed by atoms with Crippen molar-refractivity contribution in [1.29, 1.82) is 0 Å². The van der Waals surface area contributed by atoms with E-state index in [-0.39, 0.29) is 5.91 Å². The molecule has 0 aliphatic carbocycles. The van der Waals surface area contributed by atoms with Crippen LogP contribution in [-0.4, -0.2) is 42.4 Å². The van der Waals surface area contributed by atoms with Gasteiger partial charge in [-0.2, -0.15) is 0 Å². The monoisotopic (exact) mass is 380 g/mol. The largest absolute Gasteiger partial charge is 0.378 e. The van der Waals surface area contributed by atoms with Crippen LogP contribution in [0.1, 0.15) is 4.88 Å². The zero-order valence-electron chi connectivity index (χ0n) is 14.8. The summed E-state index contributed by atoms with van der Waals surface area (Å²) in [5.41, 5.74) is 2.55. The maximum absolute atomic E-state index is 12.1. The molecule has 0 spiro atoms. The Morgan fingerprint density at radius 2 is 1.89 bits per heavy atom. The van der Waals surface area contributed by atoms with Crippen molar-refractivity contribution < 1.29 is 9.53 Å². The number of nitrogens with one attached hydrogen (secondary N) is 1. The SMILES string of the molecule is O=C(Cc1cccs1)Nc1ccc(-c2ccc(N3CCOCC3)nn2)cc1. The van der Waals surface area contributed by atoms with E-state index < -0.39 is 0 Å². The Balaban J connectivity index is 1.38. The number of aromatic nitrogens is 2. The molecule has 1 fully saturated rings.